The van der Waals surface area contributed by atoms with Crippen molar-refractivity contribution in [3.8, 4) is 5.75 Å². The number of aryl methyl sites for hydroxylation is 1. The summed E-state index contributed by atoms with van der Waals surface area (Å²) in [7, 11) is 0. The minimum absolute atomic E-state index is 0.164. The number of hydrogen-bond acceptors (Lipinski definition) is 3. The summed E-state index contributed by atoms with van der Waals surface area (Å²) in [6, 6.07) is 6.66. The standard InChI is InChI=1S/C20H21ClFN3O/c1-12(19-15(21)4-3-5-16(19)22)11-26-17-8-9-25-18(10-14-6-7-14)23-24-20(25)13(17)2/h3-5,8-9,12,14H,6-7,10-11H2,1-2H3/t12-/m1/s1. The number of halogens is 2. The van der Waals surface area contributed by atoms with E-state index in [1.807, 2.05) is 30.5 Å². The zero-order valence-electron chi connectivity index (χ0n) is 14.9. The first kappa shape index (κ1) is 17.3. The quantitative estimate of drug-likeness (QED) is 0.612. The van der Waals surface area contributed by atoms with Gasteiger partial charge >= 0.3 is 0 Å². The molecule has 1 aliphatic rings. The average Bonchev–Trinajstić information content (AvgIpc) is 3.33. The number of fused-ring (bicyclic) bond motifs is 1. The monoisotopic (exact) mass is 373 g/mol. The van der Waals surface area contributed by atoms with E-state index in [-0.39, 0.29) is 11.7 Å². The molecule has 0 spiro atoms. The van der Waals surface area contributed by atoms with Gasteiger partial charge in [-0.25, -0.2) is 4.39 Å². The maximum Gasteiger partial charge on any atom is 0.167 e. The number of benzene rings is 1. The summed E-state index contributed by atoms with van der Waals surface area (Å²) < 4.78 is 22.1. The molecule has 1 atom stereocenters. The Bertz CT molecular complexity index is 931. The van der Waals surface area contributed by atoms with Gasteiger partial charge in [-0.05, 0) is 43.9 Å². The number of nitrogens with zero attached hydrogens (tertiary/aromatic N) is 3. The number of rotatable bonds is 6. The molecule has 3 aromatic rings. The van der Waals surface area contributed by atoms with Gasteiger partial charge in [-0.1, -0.05) is 24.6 Å². The van der Waals surface area contributed by atoms with E-state index in [0.29, 0.717) is 17.2 Å². The van der Waals surface area contributed by atoms with Crippen molar-refractivity contribution in [2.75, 3.05) is 6.61 Å². The fourth-order valence-electron chi connectivity index (χ4n) is 3.27. The summed E-state index contributed by atoms with van der Waals surface area (Å²) in [5.41, 5.74) is 2.24. The molecule has 0 saturated heterocycles. The molecule has 0 aliphatic heterocycles. The number of hydrogen-bond donors (Lipinski definition) is 0. The van der Waals surface area contributed by atoms with Crippen LogP contribution in [0.5, 0.6) is 5.75 Å². The van der Waals surface area contributed by atoms with Crippen LogP contribution in [0.4, 0.5) is 4.39 Å². The molecule has 4 nitrogen and oxygen atoms in total. The molecule has 1 fully saturated rings. The molecular formula is C20H21ClFN3O. The van der Waals surface area contributed by atoms with E-state index in [1.165, 1.54) is 18.9 Å². The Morgan fingerprint density at radius 3 is 2.85 bits per heavy atom. The molecule has 0 N–H and O–H groups in total. The van der Waals surface area contributed by atoms with Gasteiger partial charge in [0.2, 0.25) is 0 Å². The minimum atomic E-state index is -0.303. The van der Waals surface area contributed by atoms with Crippen LogP contribution in [0.15, 0.2) is 30.5 Å². The zero-order chi connectivity index (χ0) is 18.3. The maximum atomic E-state index is 14.1. The van der Waals surface area contributed by atoms with Crippen molar-refractivity contribution in [3.63, 3.8) is 0 Å². The van der Waals surface area contributed by atoms with Crippen LogP contribution in [0.25, 0.3) is 5.65 Å². The van der Waals surface area contributed by atoms with Gasteiger partial charge in [0, 0.05) is 34.7 Å². The van der Waals surface area contributed by atoms with E-state index in [9.17, 15) is 4.39 Å². The third-order valence-corrected chi connectivity index (χ3v) is 5.33. The Hall–Kier alpha value is -2.14. The molecule has 1 saturated carbocycles. The molecule has 0 bridgehead atoms. The van der Waals surface area contributed by atoms with Gasteiger partial charge in [0.05, 0.1) is 6.61 Å². The first-order chi connectivity index (χ1) is 12.5. The molecule has 136 valence electrons. The summed E-state index contributed by atoms with van der Waals surface area (Å²) in [4.78, 5) is 0. The Morgan fingerprint density at radius 2 is 2.12 bits per heavy atom. The molecule has 2 aromatic heterocycles. The van der Waals surface area contributed by atoms with Crippen LogP contribution in [-0.2, 0) is 6.42 Å². The van der Waals surface area contributed by atoms with Gasteiger partial charge in [0.25, 0.3) is 0 Å². The van der Waals surface area contributed by atoms with Crippen molar-refractivity contribution in [2.45, 2.75) is 39.0 Å². The van der Waals surface area contributed by atoms with Crippen molar-refractivity contribution in [3.05, 3.63) is 58.3 Å². The van der Waals surface area contributed by atoms with Crippen molar-refractivity contribution in [1.29, 1.82) is 0 Å². The van der Waals surface area contributed by atoms with Crippen molar-refractivity contribution in [2.24, 2.45) is 5.92 Å². The van der Waals surface area contributed by atoms with Crippen molar-refractivity contribution in [1.82, 2.24) is 14.6 Å². The van der Waals surface area contributed by atoms with Crippen LogP contribution in [-0.4, -0.2) is 21.2 Å². The summed E-state index contributed by atoms with van der Waals surface area (Å²) in [6.45, 7) is 4.21. The molecule has 1 aliphatic carbocycles. The van der Waals surface area contributed by atoms with Crippen LogP contribution < -0.4 is 4.74 Å². The van der Waals surface area contributed by atoms with Crippen LogP contribution in [0.3, 0.4) is 0 Å². The van der Waals surface area contributed by atoms with E-state index in [1.54, 1.807) is 12.1 Å². The van der Waals surface area contributed by atoms with Crippen LogP contribution >= 0.6 is 11.6 Å². The summed E-state index contributed by atoms with van der Waals surface area (Å²) in [5, 5.41) is 9.09. The van der Waals surface area contributed by atoms with Gasteiger partial charge in [-0.2, -0.15) is 0 Å². The summed E-state index contributed by atoms with van der Waals surface area (Å²) in [5.74, 6) is 2.03. The highest BCUT2D eigenvalue weighted by Crippen LogP contribution is 2.33. The van der Waals surface area contributed by atoms with E-state index >= 15 is 0 Å². The Kier molecular flexibility index (Phi) is 4.57. The van der Waals surface area contributed by atoms with Gasteiger partial charge in [0.15, 0.2) is 5.65 Å². The normalized spacial score (nSPS) is 15.4. The molecule has 2 heterocycles. The topological polar surface area (TPSA) is 39.4 Å². The fraction of sp³-hybridized carbons (Fsp3) is 0.400. The highest BCUT2D eigenvalue weighted by Gasteiger charge is 2.24. The lowest BCUT2D eigenvalue weighted by atomic mass is 10.0. The second-order valence-corrected chi connectivity index (χ2v) is 7.52. The highest BCUT2D eigenvalue weighted by molar-refractivity contribution is 6.31. The van der Waals surface area contributed by atoms with Crippen molar-refractivity contribution >= 4 is 17.2 Å². The highest BCUT2D eigenvalue weighted by atomic mass is 35.5. The van der Waals surface area contributed by atoms with Gasteiger partial charge in [-0.15, -0.1) is 10.2 Å². The maximum absolute atomic E-state index is 14.1. The molecule has 1 aromatic carbocycles. The third kappa shape index (κ3) is 3.28. The Balaban J connectivity index is 1.53. The number of ether oxygens (including phenoxy) is 1. The first-order valence-corrected chi connectivity index (χ1v) is 9.32. The second kappa shape index (κ2) is 6.88. The third-order valence-electron chi connectivity index (χ3n) is 5.00. The fourth-order valence-corrected chi connectivity index (χ4v) is 3.62. The second-order valence-electron chi connectivity index (χ2n) is 7.11. The average molecular weight is 374 g/mol. The van der Waals surface area contributed by atoms with Gasteiger partial charge in [-0.3, -0.25) is 4.40 Å². The van der Waals surface area contributed by atoms with E-state index in [2.05, 4.69) is 10.2 Å². The minimum Gasteiger partial charge on any atom is -0.492 e. The molecule has 0 amide bonds. The smallest absolute Gasteiger partial charge is 0.167 e. The molecule has 0 unspecified atom stereocenters. The zero-order valence-corrected chi connectivity index (χ0v) is 15.6. The SMILES string of the molecule is Cc1c(OC[C@@H](C)c2c(F)cccc2Cl)ccn2c(CC3CC3)nnc12. The van der Waals surface area contributed by atoms with Gasteiger partial charge in [0.1, 0.15) is 17.4 Å². The predicted octanol–water partition coefficient (Wildman–Crippen LogP) is 4.97. The molecule has 0 radical (unpaired) electrons. The van der Waals surface area contributed by atoms with Crippen LogP contribution in [0.1, 0.15) is 42.6 Å². The van der Waals surface area contributed by atoms with Crippen molar-refractivity contribution < 1.29 is 9.13 Å². The first-order valence-electron chi connectivity index (χ1n) is 8.94. The summed E-state index contributed by atoms with van der Waals surface area (Å²) in [6.07, 6.45) is 5.50. The molecule has 4 rings (SSSR count). The Morgan fingerprint density at radius 1 is 1.31 bits per heavy atom. The van der Waals surface area contributed by atoms with E-state index in [4.69, 9.17) is 16.3 Å². The predicted molar refractivity (Wildman–Crippen MR) is 99.5 cm³/mol. The van der Waals surface area contributed by atoms with E-state index < -0.39 is 0 Å². The lowest BCUT2D eigenvalue weighted by Gasteiger charge is -2.17. The summed E-state index contributed by atoms with van der Waals surface area (Å²) >= 11 is 6.15. The van der Waals surface area contributed by atoms with Gasteiger partial charge < -0.3 is 4.74 Å². The number of aromatic nitrogens is 3. The largest absolute Gasteiger partial charge is 0.492 e. The molecule has 26 heavy (non-hydrogen) atoms. The van der Waals surface area contributed by atoms with Crippen LogP contribution in [0.2, 0.25) is 5.02 Å². The lowest BCUT2D eigenvalue weighted by molar-refractivity contribution is 0.291. The molecule has 6 heteroatoms. The van der Waals surface area contributed by atoms with Crippen LogP contribution in [0, 0.1) is 18.7 Å². The Labute approximate surface area is 157 Å². The van der Waals surface area contributed by atoms with E-state index in [0.717, 1.165) is 35.1 Å². The number of pyridine rings is 1. The molecular weight excluding hydrogens is 353 g/mol. The lowest BCUT2D eigenvalue weighted by Crippen LogP contribution is -2.10.